The fourth-order valence-electron chi connectivity index (χ4n) is 1.53. The van der Waals surface area contributed by atoms with E-state index >= 15 is 0 Å². The minimum atomic E-state index is 0.652. The quantitative estimate of drug-likeness (QED) is 0.881. The van der Waals surface area contributed by atoms with Crippen molar-refractivity contribution in [2.75, 3.05) is 13.6 Å². The highest BCUT2D eigenvalue weighted by Gasteiger charge is 1.99. The van der Waals surface area contributed by atoms with E-state index < -0.39 is 0 Å². The van der Waals surface area contributed by atoms with Gasteiger partial charge in [-0.15, -0.1) is 0 Å². The highest BCUT2D eigenvalue weighted by atomic mass is 35.5. The molecule has 0 fully saturated rings. The Kier molecular flexibility index (Phi) is 3.59. The van der Waals surface area contributed by atoms with Crippen LogP contribution in [0.5, 0.6) is 0 Å². The molecule has 0 saturated carbocycles. The second kappa shape index (κ2) is 5.14. The van der Waals surface area contributed by atoms with Crippen molar-refractivity contribution in [1.29, 1.82) is 0 Å². The summed E-state index contributed by atoms with van der Waals surface area (Å²) in [6.07, 6.45) is 4.47. The van der Waals surface area contributed by atoms with E-state index in [0.29, 0.717) is 5.02 Å². The summed E-state index contributed by atoms with van der Waals surface area (Å²) in [6, 6.07) is 8.33. The lowest BCUT2D eigenvalue weighted by molar-refractivity contribution is 0.791. The van der Waals surface area contributed by atoms with Crippen LogP contribution in [0.2, 0.25) is 5.02 Å². The Morgan fingerprint density at radius 2 is 2.06 bits per heavy atom. The topological polar surface area (TPSA) is 29.9 Å². The van der Waals surface area contributed by atoms with Crippen LogP contribution < -0.4 is 5.32 Å². The Bertz CT molecular complexity index is 448. The summed E-state index contributed by atoms with van der Waals surface area (Å²) in [5.74, 6) is 0. The van der Waals surface area contributed by atoms with Crippen LogP contribution in [0.25, 0.3) is 5.69 Å². The van der Waals surface area contributed by atoms with E-state index in [4.69, 9.17) is 11.6 Å². The summed E-state index contributed by atoms with van der Waals surface area (Å²) >= 11 is 5.82. The van der Waals surface area contributed by atoms with Gasteiger partial charge in [0, 0.05) is 6.20 Å². The predicted molar refractivity (Wildman–Crippen MR) is 66.2 cm³/mol. The number of hydrogen-bond acceptors (Lipinski definition) is 2. The Hall–Kier alpha value is -1.32. The van der Waals surface area contributed by atoms with Gasteiger partial charge >= 0.3 is 0 Å². The van der Waals surface area contributed by atoms with E-state index in [0.717, 1.165) is 18.7 Å². The average Bonchev–Trinajstić information content (AvgIpc) is 2.74. The first-order chi connectivity index (χ1) is 7.79. The third-order valence-electron chi connectivity index (χ3n) is 2.42. The summed E-state index contributed by atoms with van der Waals surface area (Å²) in [5.41, 5.74) is 2.34. The molecule has 0 radical (unpaired) electrons. The monoisotopic (exact) mass is 235 g/mol. The fourth-order valence-corrected chi connectivity index (χ4v) is 1.66. The summed E-state index contributed by atoms with van der Waals surface area (Å²) in [6.45, 7) is 0.993. The van der Waals surface area contributed by atoms with Gasteiger partial charge < -0.3 is 5.32 Å². The van der Waals surface area contributed by atoms with Crippen LogP contribution in [0, 0.1) is 0 Å². The van der Waals surface area contributed by atoms with Gasteiger partial charge in [0.1, 0.15) is 0 Å². The van der Waals surface area contributed by atoms with Crippen LogP contribution in [0.1, 0.15) is 5.56 Å². The highest BCUT2D eigenvalue weighted by Crippen LogP contribution is 2.12. The standard InChI is InChI=1S/C12H14ClN3/c1-14-7-6-10-2-4-12(5-3-10)16-9-11(13)8-15-16/h2-5,8-9,14H,6-7H2,1H3. The zero-order valence-electron chi connectivity index (χ0n) is 9.15. The first-order valence-electron chi connectivity index (χ1n) is 5.23. The second-order valence-electron chi connectivity index (χ2n) is 3.62. The second-order valence-corrected chi connectivity index (χ2v) is 4.06. The fraction of sp³-hybridized carbons (Fsp3) is 0.250. The van der Waals surface area contributed by atoms with E-state index in [9.17, 15) is 0 Å². The van der Waals surface area contributed by atoms with Crippen molar-refractivity contribution in [3.63, 3.8) is 0 Å². The normalized spacial score (nSPS) is 10.6. The van der Waals surface area contributed by atoms with Crippen molar-refractivity contribution in [1.82, 2.24) is 15.1 Å². The number of halogens is 1. The van der Waals surface area contributed by atoms with Crippen LogP contribution in [0.15, 0.2) is 36.7 Å². The largest absolute Gasteiger partial charge is 0.319 e. The maximum atomic E-state index is 5.82. The Morgan fingerprint density at radius 3 is 2.62 bits per heavy atom. The number of nitrogens with zero attached hydrogens (tertiary/aromatic N) is 2. The van der Waals surface area contributed by atoms with Crippen LogP contribution in [0.3, 0.4) is 0 Å². The van der Waals surface area contributed by atoms with Gasteiger partial charge in [0.05, 0.1) is 16.9 Å². The molecular formula is C12H14ClN3. The van der Waals surface area contributed by atoms with Crippen LogP contribution in [-0.2, 0) is 6.42 Å². The summed E-state index contributed by atoms with van der Waals surface area (Å²) in [5, 5.41) is 7.93. The van der Waals surface area contributed by atoms with Gasteiger partial charge in [-0.25, -0.2) is 4.68 Å². The lowest BCUT2D eigenvalue weighted by Gasteiger charge is -2.03. The Labute approximate surface area is 100 Å². The van der Waals surface area contributed by atoms with Gasteiger partial charge in [0.15, 0.2) is 0 Å². The van der Waals surface area contributed by atoms with Crippen molar-refractivity contribution < 1.29 is 0 Å². The van der Waals surface area contributed by atoms with Crippen molar-refractivity contribution in [2.45, 2.75) is 6.42 Å². The molecule has 1 aromatic heterocycles. The van der Waals surface area contributed by atoms with Gasteiger partial charge in [0.2, 0.25) is 0 Å². The number of hydrogen-bond donors (Lipinski definition) is 1. The van der Waals surface area contributed by atoms with E-state index in [1.165, 1.54) is 5.56 Å². The van der Waals surface area contributed by atoms with Crippen LogP contribution in [0.4, 0.5) is 0 Å². The van der Waals surface area contributed by atoms with Crippen molar-refractivity contribution in [2.24, 2.45) is 0 Å². The van der Waals surface area contributed by atoms with Crippen molar-refractivity contribution in [3.05, 3.63) is 47.2 Å². The molecule has 0 bridgehead atoms. The van der Waals surface area contributed by atoms with Crippen LogP contribution in [-0.4, -0.2) is 23.4 Å². The lowest BCUT2D eigenvalue weighted by Crippen LogP contribution is -2.10. The Balaban J connectivity index is 2.13. The third-order valence-corrected chi connectivity index (χ3v) is 2.61. The van der Waals surface area contributed by atoms with Crippen LogP contribution >= 0.6 is 11.6 Å². The van der Waals surface area contributed by atoms with Gasteiger partial charge in [-0.2, -0.15) is 5.10 Å². The minimum absolute atomic E-state index is 0.652. The van der Waals surface area contributed by atoms with E-state index in [1.54, 1.807) is 17.1 Å². The predicted octanol–water partition coefficient (Wildman–Crippen LogP) is 2.29. The molecule has 2 aromatic rings. The van der Waals surface area contributed by atoms with E-state index in [1.807, 2.05) is 19.2 Å². The van der Waals surface area contributed by atoms with Crippen molar-refractivity contribution in [3.8, 4) is 5.69 Å². The molecule has 0 aliphatic heterocycles. The molecule has 2 rings (SSSR count). The highest BCUT2D eigenvalue weighted by molar-refractivity contribution is 6.30. The number of rotatable bonds is 4. The number of benzene rings is 1. The number of aromatic nitrogens is 2. The van der Waals surface area contributed by atoms with Gasteiger partial charge in [0.25, 0.3) is 0 Å². The molecule has 0 saturated heterocycles. The SMILES string of the molecule is CNCCc1ccc(-n2cc(Cl)cn2)cc1. The zero-order chi connectivity index (χ0) is 11.4. The molecule has 1 aromatic carbocycles. The van der Waals surface area contributed by atoms with Gasteiger partial charge in [-0.3, -0.25) is 0 Å². The Morgan fingerprint density at radius 1 is 1.31 bits per heavy atom. The summed E-state index contributed by atoms with van der Waals surface area (Å²) < 4.78 is 1.77. The zero-order valence-corrected chi connectivity index (χ0v) is 9.91. The van der Waals surface area contributed by atoms with E-state index in [-0.39, 0.29) is 0 Å². The van der Waals surface area contributed by atoms with Crippen molar-refractivity contribution >= 4 is 11.6 Å². The molecule has 0 spiro atoms. The molecule has 4 heteroatoms. The maximum Gasteiger partial charge on any atom is 0.0790 e. The smallest absolute Gasteiger partial charge is 0.0790 e. The molecule has 84 valence electrons. The first kappa shape index (κ1) is 11.2. The molecule has 0 atom stereocenters. The average molecular weight is 236 g/mol. The molecule has 0 aliphatic rings. The van der Waals surface area contributed by atoms with Gasteiger partial charge in [-0.1, -0.05) is 23.7 Å². The summed E-state index contributed by atoms with van der Waals surface area (Å²) in [7, 11) is 1.96. The molecule has 0 aliphatic carbocycles. The third kappa shape index (κ3) is 2.62. The number of nitrogens with one attached hydrogen (secondary N) is 1. The van der Waals surface area contributed by atoms with E-state index in [2.05, 4.69) is 22.5 Å². The number of likely N-dealkylation sites (N-methyl/N-ethyl adjacent to an activating group) is 1. The first-order valence-corrected chi connectivity index (χ1v) is 5.61. The molecular weight excluding hydrogens is 222 g/mol. The maximum absolute atomic E-state index is 5.82. The minimum Gasteiger partial charge on any atom is -0.319 e. The molecule has 16 heavy (non-hydrogen) atoms. The molecule has 3 nitrogen and oxygen atoms in total. The molecule has 0 unspecified atom stereocenters. The van der Waals surface area contributed by atoms with Gasteiger partial charge in [-0.05, 0) is 37.7 Å². The lowest BCUT2D eigenvalue weighted by atomic mass is 10.1. The summed E-state index contributed by atoms with van der Waals surface area (Å²) in [4.78, 5) is 0. The molecule has 1 N–H and O–H groups in total. The molecule has 0 amide bonds. The molecule has 1 heterocycles.